The maximum absolute atomic E-state index is 11.7. The molecule has 5 nitrogen and oxygen atoms in total. The first-order valence-corrected chi connectivity index (χ1v) is 6.27. The standard InChI is InChI=1S/C12H22N2O3/c1-9-6-11(12(15)17-9)14-4-5-16-10(8-14)7-13(2)3/h9-11H,4-8H2,1-3H3/t9-,10-,11-/m1/s1. The quantitative estimate of drug-likeness (QED) is 0.649. The average Bonchev–Trinajstić information content (AvgIpc) is 2.57. The van der Waals surface area contributed by atoms with E-state index in [2.05, 4.69) is 9.80 Å². The highest BCUT2D eigenvalue weighted by Crippen LogP contribution is 2.22. The molecule has 2 rings (SSSR count). The van der Waals surface area contributed by atoms with E-state index in [9.17, 15) is 4.79 Å². The first-order valence-electron chi connectivity index (χ1n) is 6.27. The Kier molecular flexibility index (Phi) is 4.01. The molecule has 2 aliphatic heterocycles. The van der Waals surface area contributed by atoms with Gasteiger partial charge in [0.25, 0.3) is 0 Å². The zero-order valence-electron chi connectivity index (χ0n) is 10.9. The van der Waals surface area contributed by atoms with Crippen molar-refractivity contribution in [2.24, 2.45) is 0 Å². The van der Waals surface area contributed by atoms with E-state index in [4.69, 9.17) is 9.47 Å². The predicted molar refractivity (Wildman–Crippen MR) is 63.8 cm³/mol. The number of carbonyl (C=O) groups is 1. The van der Waals surface area contributed by atoms with E-state index in [1.54, 1.807) is 0 Å². The van der Waals surface area contributed by atoms with Gasteiger partial charge in [-0.15, -0.1) is 0 Å². The van der Waals surface area contributed by atoms with Crippen LogP contribution in [0.3, 0.4) is 0 Å². The van der Waals surface area contributed by atoms with Crippen LogP contribution in [0.2, 0.25) is 0 Å². The minimum absolute atomic E-state index is 0.0569. The van der Waals surface area contributed by atoms with Gasteiger partial charge in [0.1, 0.15) is 12.1 Å². The summed E-state index contributed by atoms with van der Waals surface area (Å²) in [5.41, 5.74) is 0. The second-order valence-electron chi connectivity index (χ2n) is 5.25. The van der Waals surface area contributed by atoms with E-state index in [0.29, 0.717) is 6.61 Å². The summed E-state index contributed by atoms with van der Waals surface area (Å²) in [6, 6.07) is -0.0569. The molecule has 17 heavy (non-hydrogen) atoms. The highest BCUT2D eigenvalue weighted by atomic mass is 16.6. The number of ether oxygens (including phenoxy) is 2. The number of carbonyl (C=O) groups excluding carboxylic acids is 1. The van der Waals surface area contributed by atoms with Crippen LogP contribution < -0.4 is 0 Å². The number of cyclic esters (lactones) is 1. The molecule has 0 aromatic heterocycles. The predicted octanol–water partition coefficient (Wildman–Crippen LogP) is -0.0472. The monoisotopic (exact) mass is 242 g/mol. The molecule has 5 heteroatoms. The maximum atomic E-state index is 11.7. The van der Waals surface area contributed by atoms with Gasteiger partial charge >= 0.3 is 5.97 Å². The van der Waals surface area contributed by atoms with Crippen molar-refractivity contribution in [3.8, 4) is 0 Å². The Morgan fingerprint density at radius 3 is 2.82 bits per heavy atom. The lowest BCUT2D eigenvalue weighted by Crippen LogP contribution is -2.51. The number of rotatable bonds is 3. The first kappa shape index (κ1) is 12.8. The number of morpholine rings is 1. The molecule has 0 radical (unpaired) electrons. The minimum Gasteiger partial charge on any atom is -0.461 e. The summed E-state index contributed by atoms with van der Waals surface area (Å²) in [6.07, 6.45) is 1.07. The Morgan fingerprint density at radius 1 is 1.47 bits per heavy atom. The van der Waals surface area contributed by atoms with Gasteiger partial charge in [-0.05, 0) is 21.0 Å². The summed E-state index contributed by atoms with van der Waals surface area (Å²) >= 11 is 0. The molecule has 2 aliphatic rings. The molecule has 0 amide bonds. The second kappa shape index (κ2) is 5.33. The molecule has 3 atom stereocenters. The molecule has 98 valence electrons. The Morgan fingerprint density at radius 2 is 2.24 bits per heavy atom. The lowest BCUT2D eigenvalue weighted by Gasteiger charge is -2.36. The van der Waals surface area contributed by atoms with Gasteiger partial charge in [0.2, 0.25) is 0 Å². The van der Waals surface area contributed by atoms with Gasteiger partial charge in [0.05, 0.1) is 12.7 Å². The fourth-order valence-electron chi connectivity index (χ4n) is 2.58. The van der Waals surface area contributed by atoms with Crippen LogP contribution in [0.4, 0.5) is 0 Å². The van der Waals surface area contributed by atoms with E-state index in [-0.39, 0.29) is 24.2 Å². The molecule has 0 aromatic rings. The highest BCUT2D eigenvalue weighted by molar-refractivity contribution is 5.78. The topological polar surface area (TPSA) is 42.0 Å². The summed E-state index contributed by atoms with van der Waals surface area (Å²) in [5.74, 6) is -0.0667. The molecule has 0 unspecified atom stereocenters. The fourth-order valence-corrected chi connectivity index (χ4v) is 2.58. The van der Waals surface area contributed by atoms with Crippen LogP contribution >= 0.6 is 0 Å². The van der Waals surface area contributed by atoms with Crippen LogP contribution in [0.5, 0.6) is 0 Å². The normalized spacial score (nSPS) is 35.3. The second-order valence-corrected chi connectivity index (χ2v) is 5.25. The molecule has 2 heterocycles. The number of hydrogen-bond acceptors (Lipinski definition) is 5. The highest BCUT2D eigenvalue weighted by Gasteiger charge is 2.38. The van der Waals surface area contributed by atoms with Crippen molar-refractivity contribution in [3.05, 3.63) is 0 Å². The van der Waals surface area contributed by atoms with Gasteiger partial charge in [-0.2, -0.15) is 0 Å². The summed E-state index contributed by atoms with van der Waals surface area (Å²) in [5, 5.41) is 0. The van der Waals surface area contributed by atoms with Gasteiger partial charge < -0.3 is 14.4 Å². The SMILES string of the molecule is C[C@@H]1C[C@@H](N2CCO[C@H](CN(C)C)C2)C(=O)O1. The zero-order chi connectivity index (χ0) is 12.4. The van der Waals surface area contributed by atoms with Gasteiger partial charge in [-0.25, -0.2) is 0 Å². The van der Waals surface area contributed by atoms with Crippen molar-refractivity contribution >= 4 is 5.97 Å². The van der Waals surface area contributed by atoms with Crippen molar-refractivity contribution in [2.45, 2.75) is 31.6 Å². The van der Waals surface area contributed by atoms with E-state index < -0.39 is 0 Å². The number of esters is 1. The minimum atomic E-state index is -0.0667. The molecule has 0 N–H and O–H groups in total. The molecule has 0 spiro atoms. The Labute approximate surface area is 103 Å². The summed E-state index contributed by atoms with van der Waals surface area (Å²) in [7, 11) is 4.07. The van der Waals surface area contributed by atoms with Crippen LogP contribution in [-0.2, 0) is 14.3 Å². The van der Waals surface area contributed by atoms with Gasteiger partial charge in [-0.3, -0.25) is 9.69 Å². The molecule has 0 aromatic carbocycles. The third-order valence-electron chi connectivity index (χ3n) is 3.32. The third kappa shape index (κ3) is 3.18. The number of hydrogen-bond donors (Lipinski definition) is 0. The molecule has 0 bridgehead atoms. The van der Waals surface area contributed by atoms with E-state index in [1.807, 2.05) is 21.0 Å². The molecule has 0 saturated carbocycles. The van der Waals surface area contributed by atoms with Crippen molar-refractivity contribution in [1.29, 1.82) is 0 Å². The lowest BCUT2D eigenvalue weighted by atomic mass is 10.1. The summed E-state index contributed by atoms with van der Waals surface area (Å²) < 4.78 is 10.9. The average molecular weight is 242 g/mol. The first-order chi connectivity index (χ1) is 8.06. The third-order valence-corrected chi connectivity index (χ3v) is 3.32. The van der Waals surface area contributed by atoms with Crippen molar-refractivity contribution in [2.75, 3.05) is 40.3 Å². The number of likely N-dealkylation sites (N-methyl/N-ethyl adjacent to an activating group) is 1. The Hall–Kier alpha value is -0.650. The fraction of sp³-hybridized carbons (Fsp3) is 0.917. The van der Waals surface area contributed by atoms with Crippen molar-refractivity contribution < 1.29 is 14.3 Å². The van der Waals surface area contributed by atoms with Crippen molar-refractivity contribution in [3.63, 3.8) is 0 Å². The smallest absolute Gasteiger partial charge is 0.323 e. The van der Waals surface area contributed by atoms with E-state index in [0.717, 1.165) is 26.1 Å². The molecular weight excluding hydrogens is 220 g/mol. The Balaban J connectivity index is 1.90. The number of nitrogens with zero attached hydrogens (tertiary/aromatic N) is 2. The van der Waals surface area contributed by atoms with Crippen LogP contribution in [0.15, 0.2) is 0 Å². The molecular formula is C12H22N2O3. The molecule has 2 saturated heterocycles. The molecule has 0 aliphatic carbocycles. The van der Waals surface area contributed by atoms with Gasteiger partial charge in [-0.1, -0.05) is 0 Å². The zero-order valence-corrected chi connectivity index (χ0v) is 10.9. The van der Waals surface area contributed by atoms with Crippen LogP contribution in [0, 0.1) is 0 Å². The van der Waals surface area contributed by atoms with E-state index >= 15 is 0 Å². The lowest BCUT2D eigenvalue weighted by molar-refractivity contribution is -0.147. The Bertz CT molecular complexity index is 283. The summed E-state index contributed by atoms with van der Waals surface area (Å²) in [6.45, 7) is 5.21. The maximum Gasteiger partial charge on any atom is 0.323 e. The summed E-state index contributed by atoms with van der Waals surface area (Å²) in [4.78, 5) is 16.0. The van der Waals surface area contributed by atoms with Gasteiger partial charge in [0.15, 0.2) is 0 Å². The van der Waals surface area contributed by atoms with Crippen LogP contribution in [-0.4, -0.2) is 74.4 Å². The van der Waals surface area contributed by atoms with Crippen LogP contribution in [0.1, 0.15) is 13.3 Å². The van der Waals surface area contributed by atoms with Crippen LogP contribution in [0.25, 0.3) is 0 Å². The van der Waals surface area contributed by atoms with E-state index in [1.165, 1.54) is 0 Å². The van der Waals surface area contributed by atoms with Crippen molar-refractivity contribution in [1.82, 2.24) is 9.80 Å². The molecule has 2 fully saturated rings. The van der Waals surface area contributed by atoms with Gasteiger partial charge in [0, 0.05) is 26.1 Å². The largest absolute Gasteiger partial charge is 0.461 e.